The number of rotatable bonds is 5. The quantitative estimate of drug-likeness (QED) is 0.698. The molecule has 1 aliphatic heterocycles. The van der Waals surface area contributed by atoms with Crippen LogP contribution in [0.3, 0.4) is 0 Å². The molecule has 1 aliphatic rings. The standard InChI is InChI=1S/C11H19N3O3/c1-8(2)12-9(15)5-4-6-14-10(16)7-13(3)11(14)17/h8H,4-7H2,1-3H3,(H,12,15). The lowest BCUT2D eigenvalue weighted by atomic mass is 10.2. The van der Waals surface area contributed by atoms with Crippen molar-refractivity contribution < 1.29 is 14.4 Å². The number of likely N-dealkylation sites (N-methyl/N-ethyl adjacent to an activating group) is 1. The lowest BCUT2D eigenvalue weighted by Crippen LogP contribution is -2.34. The summed E-state index contributed by atoms with van der Waals surface area (Å²) >= 11 is 0. The van der Waals surface area contributed by atoms with Gasteiger partial charge in [0.15, 0.2) is 0 Å². The molecule has 0 radical (unpaired) electrons. The lowest BCUT2D eigenvalue weighted by molar-refractivity contribution is -0.126. The second-order valence-corrected chi connectivity index (χ2v) is 4.51. The minimum Gasteiger partial charge on any atom is -0.354 e. The number of amides is 4. The number of urea groups is 1. The van der Waals surface area contributed by atoms with E-state index in [-0.39, 0.29) is 30.4 Å². The molecule has 1 saturated heterocycles. The van der Waals surface area contributed by atoms with Crippen LogP contribution >= 0.6 is 0 Å². The van der Waals surface area contributed by atoms with E-state index in [0.29, 0.717) is 19.4 Å². The van der Waals surface area contributed by atoms with Gasteiger partial charge >= 0.3 is 6.03 Å². The first-order chi connectivity index (χ1) is 7.91. The van der Waals surface area contributed by atoms with Crippen molar-refractivity contribution in [2.24, 2.45) is 0 Å². The van der Waals surface area contributed by atoms with Crippen LogP contribution in [0.1, 0.15) is 26.7 Å². The Morgan fingerprint density at radius 2 is 2.06 bits per heavy atom. The Labute approximate surface area is 101 Å². The van der Waals surface area contributed by atoms with Crippen LogP contribution in [-0.4, -0.2) is 53.8 Å². The summed E-state index contributed by atoms with van der Waals surface area (Å²) in [5.74, 6) is -0.241. The minimum absolute atomic E-state index is 0.0487. The van der Waals surface area contributed by atoms with E-state index in [9.17, 15) is 14.4 Å². The van der Waals surface area contributed by atoms with Crippen LogP contribution in [0.2, 0.25) is 0 Å². The fourth-order valence-corrected chi connectivity index (χ4v) is 1.68. The van der Waals surface area contributed by atoms with Gasteiger partial charge in [-0.25, -0.2) is 4.79 Å². The molecule has 6 nitrogen and oxygen atoms in total. The molecule has 1 fully saturated rings. The van der Waals surface area contributed by atoms with Crippen molar-refractivity contribution in [2.45, 2.75) is 32.7 Å². The number of nitrogens with zero attached hydrogens (tertiary/aromatic N) is 2. The van der Waals surface area contributed by atoms with Gasteiger partial charge in [-0.2, -0.15) is 0 Å². The van der Waals surface area contributed by atoms with E-state index in [2.05, 4.69) is 5.32 Å². The third-order valence-electron chi connectivity index (χ3n) is 2.47. The van der Waals surface area contributed by atoms with Gasteiger partial charge in [0.2, 0.25) is 11.8 Å². The van der Waals surface area contributed by atoms with E-state index in [1.54, 1.807) is 7.05 Å². The number of hydrogen-bond donors (Lipinski definition) is 1. The molecule has 0 aromatic heterocycles. The molecule has 0 aromatic carbocycles. The molecule has 0 atom stereocenters. The molecule has 0 spiro atoms. The van der Waals surface area contributed by atoms with Crippen molar-refractivity contribution in [2.75, 3.05) is 20.1 Å². The Bertz CT molecular complexity index is 328. The van der Waals surface area contributed by atoms with E-state index >= 15 is 0 Å². The number of carbonyl (C=O) groups is 3. The fourth-order valence-electron chi connectivity index (χ4n) is 1.68. The van der Waals surface area contributed by atoms with Gasteiger partial charge in [0.1, 0.15) is 6.54 Å². The van der Waals surface area contributed by atoms with Crippen LogP contribution in [0, 0.1) is 0 Å². The first kappa shape index (κ1) is 13.5. The zero-order valence-electron chi connectivity index (χ0n) is 10.5. The summed E-state index contributed by atoms with van der Waals surface area (Å²) in [7, 11) is 1.59. The molecule has 1 rings (SSSR count). The summed E-state index contributed by atoms with van der Waals surface area (Å²) in [6.45, 7) is 4.23. The molecular formula is C11H19N3O3. The summed E-state index contributed by atoms with van der Waals surface area (Å²) < 4.78 is 0. The van der Waals surface area contributed by atoms with Crippen LogP contribution < -0.4 is 5.32 Å². The monoisotopic (exact) mass is 241 g/mol. The highest BCUT2D eigenvalue weighted by atomic mass is 16.2. The maximum Gasteiger partial charge on any atom is 0.326 e. The molecule has 0 aliphatic carbocycles. The molecule has 0 unspecified atom stereocenters. The van der Waals surface area contributed by atoms with Gasteiger partial charge in [-0.15, -0.1) is 0 Å². The van der Waals surface area contributed by atoms with Gasteiger partial charge in [-0.3, -0.25) is 14.5 Å². The molecule has 96 valence electrons. The zero-order chi connectivity index (χ0) is 13.0. The summed E-state index contributed by atoms with van der Waals surface area (Å²) in [6, 6.07) is -0.164. The molecule has 0 aromatic rings. The predicted octanol–water partition coefficient (Wildman–Crippen LogP) is 0.185. The van der Waals surface area contributed by atoms with Crippen molar-refractivity contribution in [1.29, 1.82) is 0 Å². The molecule has 1 heterocycles. The Hall–Kier alpha value is -1.59. The zero-order valence-corrected chi connectivity index (χ0v) is 10.5. The van der Waals surface area contributed by atoms with Gasteiger partial charge in [0.05, 0.1) is 0 Å². The highest BCUT2D eigenvalue weighted by Gasteiger charge is 2.32. The van der Waals surface area contributed by atoms with E-state index in [1.165, 1.54) is 9.80 Å². The Balaban J connectivity index is 2.29. The number of hydrogen-bond acceptors (Lipinski definition) is 3. The van der Waals surface area contributed by atoms with E-state index < -0.39 is 0 Å². The number of imide groups is 1. The average molecular weight is 241 g/mol. The third-order valence-corrected chi connectivity index (χ3v) is 2.47. The largest absolute Gasteiger partial charge is 0.354 e. The van der Waals surface area contributed by atoms with Crippen LogP contribution in [0.15, 0.2) is 0 Å². The fraction of sp³-hybridized carbons (Fsp3) is 0.727. The van der Waals surface area contributed by atoms with Gasteiger partial charge in [0, 0.05) is 26.1 Å². The van der Waals surface area contributed by atoms with Gasteiger partial charge in [0.25, 0.3) is 0 Å². The number of carbonyl (C=O) groups excluding carboxylic acids is 3. The van der Waals surface area contributed by atoms with E-state index in [1.807, 2.05) is 13.8 Å². The lowest BCUT2D eigenvalue weighted by Gasteiger charge is -2.14. The van der Waals surface area contributed by atoms with Crippen molar-refractivity contribution in [3.8, 4) is 0 Å². The molecule has 0 bridgehead atoms. The highest BCUT2D eigenvalue weighted by Crippen LogP contribution is 2.08. The molecule has 17 heavy (non-hydrogen) atoms. The van der Waals surface area contributed by atoms with Crippen LogP contribution in [0.4, 0.5) is 4.79 Å². The van der Waals surface area contributed by atoms with E-state index in [4.69, 9.17) is 0 Å². The van der Waals surface area contributed by atoms with Crippen LogP contribution in [0.25, 0.3) is 0 Å². The Morgan fingerprint density at radius 1 is 1.41 bits per heavy atom. The summed E-state index contributed by atoms with van der Waals surface area (Å²) in [4.78, 5) is 36.8. The van der Waals surface area contributed by atoms with Crippen LogP contribution in [-0.2, 0) is 9.59 Å². The van der Waals surface area contributed by atoms with Gasteiger partial charge in [-0.05, 0) is 20.3 Å². The van der Waals surface area contributed by atoms with Crippen molar-refractivity contribution in [1.82, 2.24) is 15.1 Å². The SMILES string of the molecule is CC(C)NC(=O)CCCN1C(=O)CN(C)C1=O. The number of nitrogens with one attached hydrogen (secondary N) is 1. The van der Waals surface area contributed by atoms with Gasteiger partial charge in [-0.1, -0.05) is 0 Å². The van der Waals surface area contributed by atoms with E-state index in [0.717, 1.165) is 0 Å². The first-order valence-corrected chi connectivity index (χ1v) is 5.76. The topological polar surface area (TPSA) is 69.7 Å². The second kappa shape index (κ2) is 5.65. The average Bonchev–Trinajstić information content (AvgIpc) is 2.43. The highest BCUT2D eigenvalue weighted by molar-refractivity contribution is 6.01. The van der Waals surface area contributed by atoms with Gasteiger partial charge < -0.3 is 10.2 Å². The van der Waals surface area contributed by atoms with Crippen molar-refractivity contribution >= 4 is 17.8 Å². The van der Waals surface area contributed by atoms with Crippen molar-refractivity contribution in [3.63, 3.8) is 0 Å². The van der Waals surface area contributed by atoms with Crippen molar-refractivity contribution in [3.05, 3.63) is 0 Å². The maximum absolute atomic E-state index is 11.5. The predicted molar refractivity (Wildman–Crippen MR) is 62.3 cm³/mol. The third kappa shape index (κ3) is 3.72. The smallest absolute Gasteiger partial charge is 0.326 e. The minimum atomic E-state index is -0.278. The normalized spacial score (nSPS) is 16.0. The summed E-state index contributed by atoms with van der Waals surface area (Å²) in [5.41, 5.74) is 0. The first-order valence-electron chi connectivity index (χ1n) is 5.76. The molecular weight excluding hydrogens is 222 g/mol. The molecule has 6 heteroatoms. The Kier molecular flexibility index (Phi) is 4.48. The molecule has 0 saturated carbocycles. The van der Waals surface area contributed by atoms with Crippen LogP contribution in [0.5, 0.6) is 0 Å². The summed E-state index contributed by atoms with van der Waals surface area (Å²) in [5, 5.41) is 2.76. The summed E-state index contributed by atoms with van der Waals surface area (Å²) in [6.07, 6.45) is 0.836. The maximum atomic E-state index is 11.5. The molecule has 1 N–H and O–H groups in total. The second-order valence-electron chi connectivity index (χ2n) is 4.51. The molecule has 4 amide bonds. The Morgan fingerprint density at radius 3 is 2.53 bits per heavy atom.